The summed E-state index contributed by atoms with van der Waals surface area (Å²) in [5, 5.41) is 7.66. The highest BCUT2D eigenvalue weighted by Crippen LogP contribution is 2.17. The molecule has 126 valence electrons. The lowest BCUT2D eigenvalue weighted by molar-refractivity contribution is 0.576. The minimum absolute atomic E-state index is 0.0174. The summed E-state index contributed by atoms with van der Waals surface area (Å²) in [6.07, 6.45) is 0.874. The number of anilines is 1. The summed E-state index contributed by atoms with van der Waals surface area (Å²) in [7, 11) is 1.78. The van der Waals surface area contributed by atoms with Crippen molar-refractivity contribution in [3.63, 3.8) is 0 Å². The first kappa shape index (κ1) is 16.2. The number of aromatic nitrogens is 4. The fraction of sp³-hybridized carbons (Fsp3) is 0.389. The maximum absolute atomic E-state index is 12.9. The molecule has 1 N–H and O–H groups in total. The molecule has 0 spiro atoms. The van der Waals surface area contributed by atoms with Gasteiger partial charge in [0, 0.05) is 19.6 Å². The predicted molar refractivity (Wildman–Crippen MR) is 96.5 cm³/mol. The van der Waals surface area contributed by atoms with Gasteiger partial charge in [-0.25, -0.2) is 4.98 Å². The number of rotatable bonds is 5. The van der Waals surface area contributed by atoms with Crippen LogP contribution in [0.1, 0.15) is 31.1 Å². The van der Waals surface area contributed by atoms with Crippen LogP contribution in [0, 0.1) is 6.92 Å². The molecule has 0 atom stereocenters. The zero-order valence-electron chi connectivity index (χ0n) is 14.6. The second-order valence-corrected chi connectivity index (χ2v) is 6.27. The molecule has 24 heavy (non-hydrogen) atoms. The summed E-state index contributed by atoms with van der Waals surface area (Å²) in [4.78, 5) is 17.6. The molecular formula is C18H23N5O. The fourth-order valence-electron chi connectivity index (χ4n) is 2.96. The van der Waals surface area contributed by atoms with Gasteiger partial charge in [0.05, 0.1) is 5.69 Å². The van der Waals surface area contributed by atoms with E-state index in [-0.39, 0.29) is 11.6 Å². The van der Waals surface area contributed by atoms with Gasteiger partial charge in [-0.05, 0) is 32.8 Å². The number of aryl methyl sites for hydroxylation is 2. The third-order valence-corrected chi connectivity index (χ3v) is 4.11. The van der Waals surface area contributed by atoms with Crippen molar-refractivity contribution in [1.29, 1.82) is 0 Å². The van der Waals surface area contributed by atoms with E-state index >= 15 is 0 Å². The van der Waals surface area contributed by atoms with Crippen molar-refractivity contribution in [2.45, 2.75) is 33.2 Å². The van der Waals surface area contributed by atoms with Gasteiger partial charge in [-0.3, -0.25) is 14.0 Å². The molecule has 0 aliphatic rings. The van der Waals surface area contributed by atoms with Crippen LogP contribution in [0.2, 0.25) is 0 Å². The molecule has 0 saturated heterocycles. The van der Waals surface area contributed by atoms with Crippen molar-refractivity contribution in [2.75, 3.05) is 11.9 Å². The van der Waals surface area contributed by atoms with Crippen LogP contribution in [-0.4, -0.2) is 25.9 Å². The van der Waals surface area contributed by atoms with Crippen LogP contribution < -0.4 is 10.9 Å². The number of benzene rings is 1. The van der Waals surface area contributed by atoms with E-state index in [1.807, 2.05) is 39.0 Å². The number of fused-ring (bicyclic) bond motifs is 1. The SMILES string of the molecule is Cc1nn(C)c2c(=O)n(C(C)C)c(NCCc3ccccc3)nc12. The summed E-state index contributed by atoms with van der Waals surface area (Å²) in [5.74, 6) is 0.606. The highest BCUT2D eigenvalue weighted by Gasteiger charge is 2.18. The molecule has 6 heteroatoms. The first-order valence-electron chi connectivity index (χ1n) is 8.22. The molecule has 1 aromatic carbocycles. The van der Waals surface area contributed by atoms with Crippen molar-refractivity contribution >= 4 is 17.0 Å². The molecule has 0 fully saturated rings. The van der Waals surface area contributed by atoms with E-state index in [0.29, 0.717) is 23.5 Å². The van der Waals surface area contributed by atoms with Crippen LogP contribution in [0.15, 0.2) is 35.1 Å². The lowest BCUT2D eigenvalue weighted by atomic mass is 10.1. The number of hydrogen-bond acceptors (Lipinski definition) is 4. The maximum atomic E-state index is 12.9. The van der Waals surface area contributed by atoms with Crippen LogP contribution in [0.4, 0.5) is 5.95 Å². The summed E-state index contributed by atoms with van der Waals surface area (Å²) in [6.45, 7) is 6.57. The summed E-state index contributed by atoms with van der Waals surface area (Å²) < 4.78 is 3.32. The first-order valence-corrected chi connectivity index (χ1v) is 8.22. The van der Waals surface area contributed by atoms with Crippen LogP contribution in [-0.2, 0) is 13.5 Å². The van der Waals surface area contributed by atoms with Gasteiger partial charge in [0.1, 0.15) is 5.52 Å². The minimum Gasteiger partial charge on any atom is -0.355 e. The van der Waals surface area contributed by atoms with E-state index in [2.05, 4.69) is 27.5 Å². The monoisotopic (exact) mass is 325 g/mol. The summed E-state index contributed by atoms with van der Waals surface area (Å²) in [6, 6.07) is 10.3. The standard InChI is InChI=1S/C18H23N5O/c1-12(2)23-17(24)16-15(13(3)21-22(16)4)20-18(23)19-11-10-14-8-6-5-7-9-14/h5-9,12H,10-11H2,1-4H3,(H,19,20). The Hall–Kier alpha value is -2.63. The Bertz CT molecular complexity index is 909. The van der Waals surface area contributed by atoms with Gasteiger partial charge in [-0.15, -0.1) is 0 Å². The molecule has 0 aliphatic carbocycles. The summed E-state index contributed by atoms with van der Waals surface area (Å²) in [5.41, 5.74) is 3.19. The van der Waals surface area contributed by atoms with E-state index in [1.54, 1.807) is 16.3 Å². The van der Waals surface area contributed by atoms with Crippen molar-refractivity contribution in [1.82, 2.24) is 19.3 Å². The van der Waals surface area contributed by atoms with E-state index in [9.17, 15) is 4.79 Å². The van der Waals surface area contributed by atoms with Gasteiger partial charge in [0.2, 0.25) is 5.95 Å². The molecular weight excluding hydrogens is 302 g/mol. The Labute approximate surface area is 141 Å². The Morgan fingerprint density at radius 2 is 1.92 bits per heavy atom. The summed E-state index contributed by atoms with van der Waals surface area (Å²) >= 11 is 0. The van der Waals surface area contributed by atoms with Crippen LogP contribution in [0.5, 0.6) is 0 Å². The molecule has 3 aromatic rings. The zero-order chi connectivity index (χ0) is 17.3. The van der Waals surface area contributed by atoms with Crippen LogP contribution in [0.25, 0.3) is 11.0 Å². The maximum Gasteiger partial charge on any atom is 0.281 e. The Balaban J connectivity index is 1.95. The van der Waals surface area contributed by atoms with Gasteiger partial charge in [0.25, 0.3) is 5.56 Å². The molecule has 2 aromatic heterocycles. The van der Waals surface area contributed by atoms with E-state index < -0.39 is 0 Å². The average Bonchev–Trinajstić information content (AvgIpc) is 2.82. The molecule has 2 heterocycles. The zero-order valence-corrected chi connectivity index (χ0v) is 14.6. The second kappa shape index (κ2) is 6.47. The third kappa shape index (κ3) is 2.91. The minimum atomic E-state index is -0.0553. The molecule has 0 unspecified atom stereocenters. The van der Waals surface area contributed by atoms with Crippen molar-refractivity contribution in [3.05, 3.63) is 51.9 Å². The van der Waals surface area contributed by atoms with Crippen molar-refractivity contribution in [2.24, 2.45) is 7.05 Å². The van der Waals surface area contributed by atoms with Gasteiger partial charge in [0.15, 0.2) is 5.52 Å². The Morgan fingerprint density at radius 1 is 1.21 bits per heavy atom. The quantitative estimate of drug-likeness (QED) is 0.783. The molecule has 0 aliphatic heterocycles. The van der Waals surface area contributed by atoms with Gasteiger partial charge in [-0.2, -0.15) is 5.10 Å². The molecule has 6 nitrogen and oxygen atoms in total. The van der Waals surface area contributed by atoms with E-state index in [0.717, 1.165) is 12.1 Å². The lowest BCUT2D eigenvalue weighted by Crippen LogP contribution is -2.28. The van der Waals surface area contributed by atoms with Crippen LogP contribution in [0.3, 0.4) is 0 Å². The normalized spacial score (nSPS) is 11.4. The van der Waals surface area contributed by atoms with Crippen molar-refractivity contribution in [3.8, 4) is 0 Å². The van der Waals surface area contributed by atoms with Gasteiger partial charge >= 0.3 is 0 Å². The molecule has 0 amide bonds. The topological polar surface area (TPSA) is 64.7 Å². The van der Waals surface area contributed by atoms with Gasteiger partial charge < -0.3 is 5.32 Å². The molecule has 0 radical (unpaired) electrons. The predicted octanol–water partition coefficient (Wildman–Crippen LogP) is 2.67. The Morgan fingerprint density at radius 3 is 2.58 bits per heavy atom. The van der Waals surface area contributed by atoms with E-state index in [4.69, 9.17) is 0 Å². The number of nitrogens with zero attached hydrogens (tertiary/aromatic N) is 4. The smallest absolute Gasteiger partial charge is 0.281 e. The second-order valence-electron chi connectivity index (χ2n) is 6.27. The molecule has 3 rings (SSSR count). The highest BCUT2D eigenvalue weighted by molar-refractivity contribution is 5.77. The highest BCUT2D eigenvalue weighted by atomic mass is 16.1. The van der Waals surface area contributed by atoms with Crippen molar-refractivity contribution < 1.29 is 0 Å². The molecule has 0 bridgehead atoms. The largest absolute Gasteiger partial charge is 0.355 e. The van der Waals surface area contributed by atoms with Crippen LogP contribution >= 0.6 is 0 Å². The average molecular weight is 325 g/mol. The number of hydrogen-bond donors (Lipinski definition) is 1. The number of nitrogens with one attached hydrogen (secondary N) is 1. The Kier molecular flexibility index (Phi) is 4.38. The lowest BCUT2D eigenvalue weighted by Gasteiger charge is -2.17. The first-order chi connectivity index (χ1) is 11.5. The molecule has 0 saturated carbocycles. The third-order valence-electron chi connectivity index (χ3n) is 4.11. The van der Waals surface area contributed by atoms with Gasteiger partial charge in [-0.1, -0.05) is 30.3 Å². The van der Waals surface area contributed by atoms with E-state index in [1.165, 1.54) is 5.56 Å². The fourth-order valence-corrected chi connectivity index (χ4v) is 2.96.